The van der Waals surface area contributed by atoms with E-state index in [0.29, 0.717) is 6.54 Å². The smallest absolute Gasteiger partial charge is 0.250 e. The molecule has 134 valence electrons. The minimum absolute atomic E-state index is 0.0600. The van der Waals surface area contributed by atoms with Gasteiger partial charge in [0.2, 0.25) is 0 Å². The average molecular weight is 360 g/mol. The molecule has 1 fully saturated rings. The van der Waals surface area contributed by atoms with Crippen molar-refractivity contribution >= 4 is 17.2 Å². The van der Waals surface area contributed by atoms with Crippen molar-refractivity contribution in [3.05, 3.63) is 40.1 Å². The molecule has 2 aromatic rings. The van der Waals surface area contributed by atoms with Crippen LogP contribution in [0.5, 0.6) is 0 Å². The SMILES string of the molecule is CNC(=O)C1Cn2ccnc2C2(CCN(Cc3ccc(C)s3)CC2)O1. The van der Waals surface area contributed by atoms with Crippen molar-refractivity contribution in [3.63, 3.8) is 0 Å². The van der Waals surface area contributed by atoms with Crippen molar-refractivity contribution in [2.24, 2.45) is 0 Å². The number of thiophene rings is 1. The van der Waals surface area contributed by atoms with Crippen LogP contribution in [0.4, 0.5) is 0 Å². The summed E-state index contributed by atoms with van der Waals surface area (Å²) in [5, 5.41) is 2.72. The van der Waals surface area contributed by atoms with Gasteiger partial charge in [0.1, 0.15) is 11.4 Å². The van der Waals surface area contributed by atoms with Gasteiger partial charge in [-0.2, -0.15) is 0 Å². The van der Waals surface area contributed by atoms with Crippen molar-refractivity contribution in [2.45, 2.75) is 44.6 Å². The Labute approximate surface area is 151 Å². The summed E-state index contributed by atoms with van der Waals surface area (Å²) in [7, 11) is 1.66. The van der Waals surface area contributed by atoms with Gasteiger partial charge < -0.3 is 14.6 Å². The summed E-state index contributed by atoms with van der Waals surface area (Å²) in [6.45, 7) is 5.57. The molecule has 0 bridgehead atoms. The van der Waals surface area contributed by atoms with Gasteiger partial charge in [0, 0.05) is 48.8 Å². The van der Waals surface area contributed by atoms with Crippen LogP contribution in [0.15, 0.2) is 24.5 Å². The number of fused-ring (bicyclic) bond motifs is 2. The topological polar surface area (TPSA) is 59.4 Å². The Balaban J connectivity index is 1.50. The fraction of sp³-hybridized carbons (Fsp3) is 0.556. The van der Waals surface area contributed by atoms with Gasteiger partial charge in [-0.1, -0.05) is 0 Å². The Morgan fingerprint density at radius 1 is 1.44 bits per heavy atom. The maximum atomic E-state index is 12.2. The Morgan fingerprint density at radius 3 is 2.92 bits per heavy atom. The van der Waals surface area contributed by atoms with E-state index in [1.54, 1.807) is 7.05 Å². The van der Waals surface area contributed by atoms with Gasteiger partial charge in [0.05, 0.1) is 6.54 Å². The van der Waals surface area contributed by atoms with Gasteiger partial charge in [-0.25, -0.2) is 4.98 Å². The van der Waals surface area contributed by atoms with Gasteiger partial charge in [0.25, 0.3) is 5.91 Å². The number of nitrogens with one attached hydrogen (secondary N) is 1. The summed E-state index contributed by atoms with van der Waals surface area (Å²) in [4.78, 5) is 21.9. The number of aromatic nitrogens is 2. The zero-order valence-electron chi connectivity index (χ0n) is 14.7. The molecular weight excluding hydrogens is 336 g/mol. The minimum Gasteiger partial charge on any atom is -0.357 e. The Hall–Kier alpha value is -1.70. The van der Waals surface area contributed by atoms with Crippen LogP contribution in [0.3, 0.4) is 0 Å². The van der Waals surface area contributed by atoms with E-state index < -0.39 is 11.7 Å². The number of nitrogens with zero attached hydrogens (tertiary/aromatic N) is 3. The highest BCUT2D eigenvalue weighted by Crippen LogP contribution is 2.40. The van der Waals surface area contributed by atoms with E-state index in [1.165, 1.54) is 9.75 Å². The number of hydrogen-bond acceptors (Lipinski definition) is 5. The molecule has 2 aliphatic rings. The molecule has 1 N–H and O–H groups in total. The number of ether oxygens (including phenoxy) is 1. The molecule has 1 saturated heterocycles. The van der Waals surface area contributed by atoms with Gasteiger partial charge >= 0.3 is 0 Å². The number of aryl methyl sites for hydroxylation is 1. The first-order valence-electron chi connectivity index (χ1n) is 8.78. The maximum absolute atomic E-state index is 12.2. The molecule has 1 atom stereocenters. The third kappa shape index (κ3) is 3.12. The van der Waals surface area contributed by atoms with Crippen LogP contribution in [0, 0.1) is 6.92 Å². The monoisotopic (exact) mass is 360 g/mol. The van der Waals surface area contributed by atoms with E-state index >= 15 is 0 Å². The number of hydrogen-bond donors (Lipinski definition) is 1. The molecule has 2 aromatic heterocycles. The Kier molecular flexibility index (Phi) is 4.39. The average Bonchev–Trinajstić information content (AvgIpc) is 3.25. The molecule has 25 heavy (non-hydrogen) atoms. The van der Waals surface area contributed by atoms with E-state index in [4.69, 9.17) is 4.74 Å². The number of rotatable bonds is 3. The summed E-state index contributed by atoms with van der Waals surface area (Å²) in [5.41, 5.74) is -0.444. The number of likely N-dealkylation sites (tertiary alicyclic amines) is 1. The molecule has 6 nitrogen and oxygen atoms in total. The van der Waals surface area contributed by atoms with Gasteiger partial charge in [-0.3, -0.25) is 9.69 Å². The second-order valence-corrected chi connectivity index (χ2v) is 8.28. The molecule has 2 aliphatic heterocycles. The maximum Gasteiger partial charge on any atom is 0.250 e. The fourth-order valence-electron chi connectivity index (χ4n) is 3.90. The zero-order chi connectivity index (χ0) is 17.4. The van der Waals surface area contributed by atoms with Gasteiger partial charge in [-0.15, -0.1) is 11.3 Å². The van der Waals surface area contributed by atoms with Crippen molar-refractivity contribution in [1.29, 1.82) is 0 Å². The highest BCUT2D eigenvalue weighted by molar-refractivity contribution is 7.11. The molecular formula is C18H24N4O2S. The predicted molar refractivity (Wildman–Crippen MR) is 96.4 cm³/mol. The minimum atomic E-state index is -0.446. The molecule has 4 heterocycles. The Morgan fingerprint density at radius 2 is 2.24 bits per heavy atom. The van der Waals surface area contributed by atoms with Crippen molar-refractivity contribution < 1.29 is 9.53 Å². The number of likely N-dealkylation sites (N-methyl/N-ethyl adjacent to an activating group) is 1. The van der Waals surface area contributed by atoms with Crippen LogP contribution in [-0.2, 0) is 28.2 Å². The lowest BCUT2D eigenvalue weighted by Crippen LogP contribution is -2.53. The van der Waals surface area contributed by atoms with Crippen LogP contribution in [0.1, 0.15) is 28.4 Å². The van der Waals surface area contributed by atoms with E-state index in [0.717, 1.165) is 38.3 Å². The lowest BCUT2D eigenvalue weighted by atomic mass is 9.88. The second-order valence-electron chi connectivity index (χ2n) is 6.91. The van der Waals surface area contributed by atoms with Crippen LogP contribution >= 0.6 is 11.3 Å². The lowest BCUT2D eigenvalue weighted by molar-refractivity contribution is -0.173. The highest BCUT2D eigenvalue weighted by Gasteiger charge is 2.46. The van der Waals surface area contributed by atoms with Crippen molar-refractivity contribution in [3.8, 4) is 0 Å². The fourth-order valence-corrected chi connectivity index (χ4v) is 4.83. The van der Waals surface area contributed by atoms with Gasteiger partial charge in [-0.05, 0) is 31.9 Å². The van der Waals surface area contributed by atoms with Crippen molar-refractivity contribution in [1.82, 2.24) is 19.8 Å². The molecule has 0 saturated carbocycles. The van der Waals surface area contributed by atoms with Gasteiger partial charge in [0.15, 0.2) is 6.10 Å². The van der Waals surface area contributed by atoms with E-state index in [1.807, 2.05) is 23.7 Å². The first kappa shape index (κ1) is 16.8. The number of imidazole rings is 1. The third-order valence-electron chi connectivity index (χ3n) is 5.23. The van der Waals surface area contributed by atoms with E-state index in [9.17, 15) is 4.79 Å². The second kappa shape index (κ2) is 6.55. The van der Waals surface area contributed by atoms with Crippen LogP contribution in [-0.4, -0.2) is 46.6 Å². The van der Waals surface area contributed by atoms with Crippen LogP contribution in [0.25, 0.3) is 0 Å². The number of carbonyl (C=O) groups is 1. The first-order chi connectivity index (χ1) is 12.1. The normalized spacial score (nSPS) is 22.7. The molecule has 1 unspecified atom stereocenters. The largest absolute Gasteiger partial charge is 0.357 e. The molecule has 0 aromatic carbocycles. The Bertz CT molecular complexity index is 761. The molecule has 1 spiro atoms. The summed E-state index contributed by atoms with van der Waals surface area (Å²) in [5.74, 6) is 0.912. The summed E-state index contributed by atoms with van der Waals surface area (Å²) >= 11 is 1.86. The van der Waals surface area contributed by atoms with E-state index in [-0.39, 0.29) is 5.91 Å². The lowest BCUT2D eigenvalue weighted by Gasteiger charge is -2.45. The summed E-state index contributed by atoms with van der Waals surface area (Å²) < 4.78 is 8.42. The highest BCUT2D eigenvalue weighted by atomic mass is 32.1. The molecule has 4 rings (SSSR count). The quantitative estimate of drug-likeness (QED) is 0.908. The predicted octanol–water partition coefficient (Wildman–Crippen LogP) is 1.89. The van der Waals surface area contributed by atoms with Crippen molar-refractivity contribution in [2.75, 3.05) is 20.1 Å². The molecule has 0 aliphatic carbocycles. The van der Waals surface area contributed by atoms with E-state index in [2.05, 4.69) is 38.8 Å². The summed E-state index contributed by atoms with van der Waals surface area (Å²) in [6.07, 6.45) is 5.05. The first-order valence-corrected chi connectivity index (χ1v) is 9.60. The summed E-state index contributed by atoms with van der Waals surface area (Å²) in [6, 6.07) is 4.40. The van der Waals surface area contributed by atoms with Crippen LogP contribution < -0.4 is 5.32 Å². The number of amides is 1. The third-order valence-corrected chi connectivity index (χ3v) is 6.22. The standard InChI is InChI=1S/C18H24N4O2S/c1-13-3-4-14(25-13)11-21-8-5-18(6-9-21)17-20-7-10-22(17)12-15(24-18)16(23)19-2/h3-4,7,10,15H,5-6,8-9,11-12H2,1-2H3,(H,19,23). The number of carbonyl (C=O) groups excluding carboxylic acids is 1. The molecule has 7 heteroatoms. The zero-order valence-corrected chi connectivity index (χ0v) is 15.5. The number of piperidine rings is 1. The van der Waals surface area contributed by atoms with Crippen LogP contribution in [0.2, 0.25) is 0 Å². The molecule has 0 radical (unpaired) electrons. The molecule has 1 amide bonds.